The van der Waals surface area contributed by atoms with E-state index in [9.17, 15) is 0 Å². The van der Waals surface area contributed by atoms with Crippen molar-refractivity contribution < 1.29 is 4.74 Å². The number of rotatable bonds is 3. The number of hydrogen-bond donors (Lipinski definition) is 1. The molecule has 1 aliphatic heterocycles. The molecule has 108 valence electrons. The first-order valence-electron chi connectivity index (χ1n) is 6.85. The maximum atomic E-state index is 5.12. The number of benzene rings is 1. The minimum atomic E-state index is 0.238. The lowest BCUT2D eigenvalue weighted by atomic mass is 9.96. The Morgan fingerprint density at radius 1 is 1.33 bits per heavy atom. The van der Waals surface area contributed by atoms with E-state index >= 15 is 0 Å². The molecular formula is C14H15N5OS. The van der Waals surface area contributed by atoms with Crippen LogP contribution in [0.15, 0.2) is 24.3 Å². The van der Waals surface area contributed by atoms with Crippen LogP contribution in [-0.4, -0.2) is 26.9 Å². The number of methoxy groups -OCH3 is 1. The van der Waals surface area contributed by atoms with Gasteiger partial charge in [0.15, 0.2) is 5.82 Å². The van der Waals surface area contributed by atoms with Crippen molar-refractivity contribution in [2.75, 3.05) is 7.11 Å². The molecule has 0 fully saturated rings. The number of fused-ring (bicyclic) bond motifs is 2. The van der Waals surface area contributed by atoms with Crippen molar-refractivity contribution in [3.8, 4) is 0 Å². The van der Waals surface area contributed by atoms with Gasteiger partial charge in [0.1, 0.15) is 11.6 Å². The van der Waals surface area contributed by atoms with Gasteiger partial charge in [-0.05, 0) is 17.5 Å². The summed E-state index contributed by atoms with van der Waals surface area (Å²) in [7, 11) is 1.65. The Morgan fingerprint density at radius 3 is 3.05 bits per heavy atom. The molecule has 1 unspecified atom stereocenters. The van der Waals surface area contributed by atoms with Crippen molar-refractivity contribution in [3.05, 3.63) is 46.2 Å². The Labute approximate surface area is 125 Å². The molecule has 1 aromatic carbocycles. The molecule has 1 aliphatic rings. The van der Waals surface area contributed by atoms with Crippen LogP contribution in [0.4, 0.5) is 0 Å². The highest BCUT2D eigenvalue weighted by Gasteiger charge is 2.23. The van der Waals surface area contributed by atoms with E-state index in [0.29, 0.717) is 6.61 Å². The molecule has 0 spiro atoms. The zero-order valence-electron chi connectivity index (χ0n) is 11.6. The van der Waals surface area contributed by atoms with Crippen molar-refractivity contribution in [1.29, 1.82) is 0 Å². The van der Waals surface area contributed by atoms with Crippen molar-refractivity contribution in [2.45, 2.75) is 25.6 Å². The summed E-state index contributed by atoms with van der Waals surface area (Å²) in [6.45, 7) is 1.30. The molecule has 0 radical (unpaired) electrons. The van der Waals surface area contributed by atoms with Crippen LogP contribution in [0.1, 0.15) is 28.0 Å². The van der Waals surface area contributed by atoms with Crippen molar-refractivity contribution >= 4 is 16.3 Å². The van der Waals surface area contributed by atoms with E-state index in [1.165, 1.54) is 11.1 Å². The van der Waals surface area contributed by atoms with Crippen LogP contribution in [0.3, 0.4) is 0 Å². The van der Waals surface area contributed by atoms with E-state index in [1.807, 2.05) is 0 Å². The molecule has 1 atom stereocenters. The monoisotopic (exact) mass is 301 g/mol. The average molecular weight is 301 g/mol. The van der Waals surface area contributed by atoms with Crippen LogP contribution in [0.5, 0.6) is 0 Å². The quantitative estimate of drug-likeness (QED) is 0.798. The third-order valence-corrected chi connectivity index (χ3v) is 4.74. The van der Waals surface area contributed by atoms with Gasteiger partial charge in [-0.1, -0.05) is 35.6 Å². The zero-order chi connectivity index (χ0) is 14.2. The molecule has 2 aromatic heterocycles. The fraction of sp³-hybridized carbons (Fsp3) is 0.357. The highest BCUT2D eigenvalue weighted by Crippen LogP contribution is 2.28. The molecule has 0 aliphatic carbocycles. The predicted octanol–water partition coefficient (Wildman–Crippen LogP) is 1.72. The maximum Gasteiger partial charge on any atom is 0.234 e. The fourth-order valence-corrected chi connectivity index (χ4v) is 3.59. The number of hydrogen-bond acceptors (Lipinski definition) is 6. The van der Waals surface area contributed by atoms with Crippen LogP contribution >= 0.6 is 11.3 Å². The maximum absolute atomic E-state index is 5.12. The van der Waals surface area contributed by atoms with Crippen molar-refractivity contribution in [1.82, 2.24) is 25.1 Å². The van der Waals surface area contributed by atoms with E-state index in [2.05, 4.69) is 44.9 Å². The van der Waals surface area contributed by atoms with E-state index in [1.54, 1.807) is 23.0 Å². The van der Waals surface area contributed by atoms with Gasteiger partial charge in [0.2, 0.25) is 4.96 Å². The Hall–Kier alpha value is -1.83. The first-order valence-corrected chi connectivity index (χ1v) is 7.67. The number of nitrogens with zero attached hydrogens (tertiary/aromatic N) is 4. The van der Waals surface area contributed by atoms with E-state index in [4.69, 9.17) is 4.74 Å². The molecule has 3 heterocycles. The summed E-state index contributed by atoms with van der Waals surface area (Å²) in [5.74, 6) is 0.742. The second-order valence-corrected chi connectivity index (χ2v) is 6.08. The van der Waals surface area contributed by atoms with Gasteiger partial charge in [-0.3, -0.25) is 0 Å². The van der Waals surface area contributed by atoms with Crippen LogP contribution in [0.25, 0.3) is 4.96 Å². The molecule has 0 amide bonds. The van der Waals surface area contributed by atoms with Crippen LogP contribution in [-0.2, 0) is 24.3 Å². The predicted molar refractivity (Wildman–Crippen MR) is 79.1 cm³/mol. The second-order valence-electron chi connectivity index (χ2n) is 5.09. The third-order valence-electron chi connectivity index (χ3n) is 3.72. The highest BCUT2D eigenvalue weighted by molar-refractivity contribution is 7.16. The van der Waals surface area contributed by atoms with Gasteiger partial charge >= 0.3 is 0 Å². The van der Waals surface area contributed by atoms with Crippen molar-refractivity contribution in [3.63, 3.8) is 0 Å². The first kappa shape index (κ1) is 12.9. The van der Waals surface area contributed by atoms with E-state index in [-0.39, 0.29) is 6.04 Å². The molecular weight excluding hydrogens is 286 g/mol. The summed E-state index contributed by atoms with van der Waals surface area (Å²) in [4.78, 5) is 0.817. The van der Waals surface area contributed by atoms with E-state index in [0.717, 1.165) is 28.8 Å². The summed E-state index contributed by atoms with van der Waals surface area (Å²) >= 11 is 1.59. The molecule has 3 aromatic rings. The molecule has 7 heteroatoms. The molecule has 4 rings (SSSR count). The minimum Gasteiger partial charge on any atom is -0.377 e. The lowest BCUT2D eigenvalue weighted by molar-refractivity contribution is 0.176. The van der Waals surface area contributed by atoms with Gasteiger partial charge in [-0.2, -0.15) is 9.61 Å². The lowest BCUT2D eigenvalue weighted by Crippen LogP contribution is -2.28. The largest absolute Gasteiger partial charge is 0.377 e. The number of nitrogens with one attached hydrogen (secondary N) is 1. The zero-order valence-corrected chi connectivity index (χ0v) is 12.4. The molecule has 21 heavy (non-hydrogen) atoms. The van der Waals surface area contributed by atoms with Gasteiger partial charge in [-0.25, -0.2) is 0 Å². The second kappa shape index (κ2) is 5.18. The van der Waals surface area contributed by atoms with Crippen LogP contribution in [0, 0.1) is 0 Å². The van der Waals surface area contributed by atoms with Crippen LogP contribution in [0.2, 0.25) is 0 Å². The SMILES string of the molecule is COCc1nnc2sc(C3Cc4ccccc4CN3)nn12. The van der Waals surface area contributed by atoms with Gasteiger partial charge < -0.3 is 10.1 Å². The Morgan fingerprint density at radius 2 is 2.19 bits per heavy atom. The smallest absolute Gasteiger partial charge is 0.234 e. The van der Waals surface area contributed by atoms with E-state index < -0.39 is 0 Å². The Balaban J connectivity index is 1.65. The highest BCUT2D eigenvalue weighted by atomic mass is 32.1. The summed E-state index contributed by atoms with van der Waals surface area (Å²) in [5, 5.41) is 17.5. The molecule has 0 saturated carbocycles. The molecule has 0 bridgehead atoms. The minimum absolute atomic E-state index is 0.238. The molecule has 0 saturated heterocycles. The first-order chi connectivity index (χ1) is 10.3. The number of ether oxygens (including phenoxy) is 1. The Kier molecular flexibility index (Phi) is 3.17. The lowest BCUT2D eigenvalue weighted by Gasteiger charge is -2.24. The van der Waals surface area contributed by atoms with Crippen LogP contribution < -0.4 is 5.32 Å². The van der Waals surface area contributed by atoms with Gasteiger partial charge in [0, 0.05) is 13.7 Å². The Bertz CT molecular complexity index is 781. The summed E-state index contributed by atoms with van der Waals surface area (Å²) in [6.07, 6.45) is 0.958. The number of aromatic nitrogens is 4. The topological polar surface area (TPSA) is 64.3 Å². The average Bonchev–Trinajstić information content (AvgIpc) is 3.09. The van der Waals surface area contributed by atoms with Crippen molar-refractivity contribution in [2.24, 2.45) is 0 Å². The third kappa shape index (κ3) is 2.23. The molecule has 1 N–H and O–H groups in total. The standard InChI is InChI=1S/C14H15N5OS/c1-20-8-12-16-17-14-19(12)18-13(21-14)11-6-9-4-2-3-5-10(9)7-15-11/h2-5,11,15H,6-8H2,1H3. The summed E-state index contributed by atoms with van der Waals surface area (Å²) in [6, 6.07) is 8.78. The summed E-state index contributed by atoms with van der Waals surface area (Å²) in [5.41, 5.74) is 2.76. The fourth-order valence-electron chi connectivity index (χ4n) is 2.66. The van der Waals surface area contributed by atoms with Gasteiger partial charge in [0.05, 0.1) is 6.04 Å². The van der Waals surface area contributed by atoms with Gasteiger partial charge in [-0.15, -0.1) is 10.2 Å². The normalized spacial score (nSPS) is 18.0. The van der Waals surface area contributed by atoms with Gasteiger partial charge in [0.25, 0.3) is 0 Å². The molecule has 6 nitrogen and oxygen atoms in total. The summed E-state index contributed by atoms with van der Waals surface area (Å²) < 4.78 is 6.90.